The SMILES string of the molecule is CC(=O)CCn1cn[nH]c(=O)c1=O. The van der Waals surface area contributed by atoms with Crippen LogP contribution in [0, 0.1) is 0 Å². The average molecular weight is 183 g/mol. The smallest absolute Gasteiger partial charge is 0.300 e. The third-order valence-corrected chi connectivity index (χ3v) is 1.52. The molecule has 0 saturated carbocycles. The summed E-state index contributed by atoms with van der Waals surface area (Å²) in [5.74, 6) is -0.0350. The molecule has 0 aliphatic heterocycles. The van der Waals surface area contributed by atoms with Gasteiger partial charge >= 0.3 is 11.1 Å². The van der Waals surface area contributed by atoms with Gasteiger partial charge in [-0.3, -0.25) is 19.0 Å². The second kappa shape index (κ2) is 3.79. The number of carbonyl (C=O) groups is 1. The van der Waals surface area contributed by atoms with Crippen LogP contribution in [0.25, 0.3) is 0 Å². The standard InChI is InChI=1S/C7H9N3O3/c1-5(11)2-3-10-4-8-9-6(12)7(10)13/h4H,2-3H2,1H3,(H,9,12). The van der Waals surface area contributed by atoms with Crippen LogP contribution in [0.3, 0.4) is 0 Å². The van der Waals surface area contributed by atoms with Crippen LogP contribution in [0.1, 0.15) is 13.3 Å². The molecule has 1 rings (SSSR count). The summed E-state index contributed by atoms with van der Waals surface area (Å²) in [4.78, 5) is 32.4. The molecule has 0 aromatic carbocycles. The maximum absolute atomic E-state index is 11.0. The quantitative estimate of drug-likeness (QED) is 0.603. The van der Waals surface area contributed by atoms with Gasteiger partial charge < -0.3 is 0 Å². The van der Waals surface area contributed by atoms with Crippen LogP contribution in [0.4, 0.5) is 0 Å². The number of Topliss-reactive ketones (excluding diaryl/α,β-unsaturated/α-hetero) is 1. The van der Waals surface area contributed by atoms with Crippen molar-refractivity contribution in [3.05, 3.63) is 27.0 Å². The second-order valence-corrected chi connectivity index (χ2v) is 2.64. The van der Waals surface area contributed by atoms with E-state index in [0.717, 1.165) is 4.57 Å². The van der Waals surface area contributed by atoms with Crippen LogP contribution in [-0.4, -0.2) is 20.5 Å². The summed E-state index contributed by atoms with van der Waals surface area (Å²) >= 11 is 0. The summed E-state index contributed by atoms with van der Waals surface area (Å²) in [5.41, 5.74) is -1.46. The molecule has 0 bridgehead atoms. The molecule has 6 nitrogen and oxygen atoms in total. The van der Waals surface area contributed by atoms with Gasteiger partial charge in [-0.15, -0.1) is 0 Å². The number of aromatic amines is 1. The molecule has 0 aliphatic carbocycles. The first kappa shape index (κ1) is 9.37. The summed E-state index contributed by atoms with van der Waals surface area (Å²) < 4.78 is 1.11. The lowest BCUT2D eigenvalue weighted by Crippen LogP contribution is -2.36. The van der Waals surface area contributed by atoms with Crippen LogP contribution in [0.2, 0.25) is 0 Å². The van der Waals surface area contributed by atoms with Gasteiger partial charge in [0, 0.05) is 13.0 Å². The van der Waals surface area contributed by atoms with Gasteiger partial charge in [0.1, 0.15) is 12.1 Å². The Labute approximate surface area is 73.2 Å². The number of hydrogen-bond donors (Lipinski definition) is 1. The van der Waals surface area contributed by atoms with Crippen LogP contribution in [0.15, 0.2) is 15.9 Å². The van der Waals surface area contributed by atoms with E-state index in [0.29, 0.717) is 0 Å². The van der Waals surface area contributed by atoms with Gasteiger partial charge in [-0.1, -0.05) is 0 Å². The number of carbonyl (C=O) groups excluding carboxylic acids is 1. The van der Waals surface area contributed by atoms with E-state index in [1.54, 1.807) is 0 Å². The molecular weight excluding hydrogens is 174 g/mol. The molecular formula is C7H9N3O3. The molecule has 0 fully saturated rings. The molecule has 0 atom stereocenters. The molecule has 1 N–H and O–H groups in total. The zero-order valence-electron chi connectivity index (χ0n) is 7.11. The van der Waals surface area contributed by atoms with Crippen molar-refractivity contribution in [1.82, 2.24) is 14.8 Å². The summed E-state index contributed by atoms with van der Waals surface area (Å²) in [5, 5.41) is 5.44. The van der Waals surface area contributed by atoms with E-state index in [1.165, 1.54) is 13.3 Å². The van der Waals surface area contributed by atoms with Gasteiger partial charge in [0.15, 0.2) is 0 Å². The highest BCUT2D eigenvalue weighted by atomic mass is 16.2. The lowest BCUT2D eigenvalue weighted by atomic mass is 10.3. The third kappa shape index (κ3) is 2.36. The topological polar surface area (TPSA) is 84.8 Å². The summed E-state index contributed by atoms with van der Waals surface area (Å²) in [6.45, 7) is 1.62. The Balaban J connectivity index is 2.90. The van der Waals surface area contributed by atoms with Gasteiger partial charge in [-0.05, 0) is 6.92 Å². The maximum atomic E-state index is 11.0. The van der Waals surface area contributed by atoms with Gasteiger partial charge in [0.05, 0.1) is 0 Å². The zero-order valence-corrected chi connectivity index (χ0v) is 7.11. The number of hydrogen-bond acceptors (Lipinski definition) is 4. The van der Waals surface area contributed by atoms with E-state index in [4.69, 9.17) is 0 Å². The summed E-state index contributed by atoms with van der Waals surface area (Å²) in [7, 11) is 0. The van der Waals surface area contributed by atoms with E-state index in [2.05, 4.69) is 5.10 Å². The Kier molecular flexibility index (Phi) is 2.73. The number of nitrogens with zero attached hydrogens (tertiary/aromatic N) is 2. The molecule has 13 heavy (non-hydrogen) atoms. The maximum Gasteiger partial charge on any atom is 0.330 e. The number of H-pyrrole nitrogens is 1. The van der Waals surface area contributed by atoms with Crippen LogP contribution < -0.4 is 11.1 Å². The lowest BCUT2D eigenvalue weighted by molar-refractivity contribution is -0.117. The first-order valence-electron chi connectivity index (χ1n) is 3.75. The van der Waals surface area contributed by atoms with Crippen molar-refractivity contribution in [2.45, 2.75) is 19.9 Å². The van der Waals surface area contributed by atoms with Crippen LogP contribution in [-0.2, 0) is 11.3 Å². The fourth-order valence-corrected chi connectivity index (χ4v) is 0.825. The fraction of sp³-hybridized carbons (Fsp3) is 0.429. The summed E-state index contributed by atoms with van der Waals surface area (Å²) in [6.07, 6.45) is 1.43. The van der Waals surface area contributed by atoms with Gasteiger partial charge in [-0.2, -0.15) is 5.10 Å². The summed E-state index contributed by atoms with van der Waals surface area (Å²) in [6, 6.07) is 0. The molecule has 0 amide bonds. The van der Waals surface area contributed by atoms with E-state index >= 15 is 0 Å². The Hall–Kier alpha value is -1.72. The van der Waals surface area contributed by atoms with Gasteiger partial charge in [0.2, 0.25) is 0 Å². The second-order valence-electron chi connectivity index (χ2n) is 2.64. The van der Waals surface area contributed by atoms with Crippen molar-refractivity contribution >= 4 is 5.78 Å². The molecule has 0 spiro atoms. The number of aryl methyl sites for hydroxylation is 1. The molecule has 0 unspecified atom stereocenters. The highest BCUT2D eigenvalue weighted by Gasteiger charge is 2.00. The molecule has 0 aliphatic rings. The molecule has 70 valence electrons. The molecule has 1 aromatic rings. The molecule has 0 saturated heterocycles. The Bertz CT molecular complexity index is 417. The van der Waals surface area contributed by atoms with Crippen molar-refractivity contribution in [2.75, 3.05) is 0 Å². The third-order valence-electron chi connectivity index (χ3n) is 1.52. The zero-order chi connectivity index (χ0) is 9.84. The largest absolute Gasteiger partial charge is 0.330 e. The van der Waals surface area contributed by atoms with Gasteiger partial charge in [-0.25, -0.2) is 5.10 Å². The highest BCUT2D eigenvalue weighted by molar-refractivity contribution is 5.75. The van der Waals surface area contributed by atoms with Crippen molar-refractivity contribution < 1.29 is 4.79 Å². The van der Waals surface area contributed by atoms with Crippen molar-refractivity contribution in [1.29, 1.82) is 0 Å². The van der Waals surface area contributed by atoms with Crippen molar-refractivity contribution in [3.63, 3.8) is 0 Å². The van der Waals surface area contributed by atoms with E-state index < -0.39 is 11.1 Å². The lowest BCUT2D eigenvalue weighted by Gasteiger charge is -1.99. The monoisotopic (exact) mass is 183 g/mol. The average Bonchev–Trinajstić information content (AvgIpc) is 2.07. The number of rotatable bonds is 3. The predicted octanol–water partition coefficient (Wildman–Crippen LogP) is -1.09. The van der Waals surface area contributed by atoms with Crippen molar-refractivity contribution in [2.24, 2.45) is 0 Å². The first-order valence-corrected chi connectivity index (χ1v) is 3.75. The fourth-order valence-electron chi connectivity index (χ4n) is 0.825. The van der Waals surface area contributed by atoms with Crippen LogP contribution >= 0.6 is 0 Å². The van der Waals surface area contributed by atoms with Gasteiger partial charge in [0.25, 0.3) is 0 Å². The van der Waals surface area contributed by atoms with E-state index in [9.17, 15) is 14.4 Å². The number of aromatic nitrogens is 3. The normalized spacial score (nSPS) is 9.92. The number of nitrogens with one attached hydrogen (secondary N) is 1. The molecule has 1 heterocycles. The first-order chi connectivity index (χ1) is 6.11. The van der Waals surface area contributed by atoms with E-state index in [1.807, 2.05) is 5.10 Å². The molecule has 6 heteroatoms. The minimum atomic E-state index is -0.772. The van der Waals surface area contributed by atoms with Crippen LogP contribution in [0.5, 0.6) is 0 Å². The minimum Gasteiger partial charge on any atom is -0.300 e. The Morgan fingerprint density at radius 3 is 2.92 bits per heavy atom. The van der Waals surface area contributed by atoms with Crippen molar-refractivity contribution in [3.8, 4) is 0 Å². The highest BCUT2D eigenvalue weighted by Crippen LogP contribution is 1.84. The number of ketones is 1. The van der Waals surface area contributed by atoms with E-state index in [-0.39, 0.29) is 18.7 Å². The minimum absolute atomic E-state index is 0.0350. The Morgan fingerprint density at radius 1 is 1.62 bits per heavy atom. The molecule has 0 radical (unpaired) electrons. The molecule has 1 aromatic heterocycles. The Morgan fingerprint density at radius 2 is 2.31 bits per heavy atom. The predicted molar refractivity (Wildman–Crippen MR) is 44.4 cm³/mol.